The fourth-order valence-corrected chi connectivity index (χ4v) is 3.48. The smallest absolute Gasteiger partial charge is 0.215 e. The minimum Gasteiger partial charge on any atom is -0.477 e. The summed E-state index contributed by atoms with van der Waals surface area (Å²) in [4.78, 5) is 0. The number of aromatic nitrogens is 2. The monoisotopic (exact) mass is 268 g/mol. The van der Waals surface area contributed by atoms with Crippen LogP contribution in [-0.4, -0.2) is 16.4 Å². The van der Waals surface area contributed by atoms with E-state index in [-0.39, 0.29) is 0 Å². The van der Waals surface area contributed by atoms with Crippen LogP contribution < -0.4 is 4.74 Å². The Kier molecular flexibility index (Phi) is 2.47. The van der Waals surface area contributed by atoms with E-state index in [1.165, 1.54) is 36.0 Å². The Hall–Kier alpha value is -1.77. The molecule has 0 bridgehead atoms. The van der Waals surface area contributed by atoms with Gasteiger partial charge in [-0.3, -0.25) is 0 Å². The van der Waals surface area contributed by atoms with E-state index < -0.39 is 0 Å². The standard InChI is InChI=1S/C17H20N2O/c1-12-6-3-4-7-14(12)15-13(2)16-19(18-15)10-17(11-20-16)8-5-9-17/h3-4,6-7H,5,8-11H2,1-2H3. The van der Waals surface area contributed by atoms with Crippen molar-refractivity contribution in [2.24, 2.45) is 5.41 Å². The van der Waals surface area contributed by atoms with Crippen LogP contribution in [0.3, 0.4) is 0 Å². The average Bonchev–Trinajstić information content (AvgIpc) is 2.74. The third-order valence-electron chi connectivity index (χ3n) is 4.95. The molecule has 1 aliphatic heterocycles. The molecule has 1 aromatic carbocycles. The van der Waals surface area contributed by atoms with Gasteiger partial charge in [-0.25, -0.2) is 4.68 Å². The maximum atomic E-state index is 6.05. The zero-order chi connectivity index (χ0) is 13.7. The molecule has 0 radical (unpaired) electrons. The van der Waals surface area contributed by atoms with Crippen LogP contribution >= 0.6 is 0 Å². The normalized spacial score (nSPS) is 19.3. The van der Waals surface area contributed by atoms with Gasteiger partial charge in [-0.2, -0.15) is 5.10 Å². The Morgan fingerprint density at radius 2 is 2.00 bits per heavy atom. The molecular weight excluding hydrogens is 248 g/mol. The van der Waals surface area contributed by atoms with Crippen molar-refractivity contribution in [2.45, 2.75) is 39.7 Å². The van der Waals surface area contributed by atoms with Crippen LogP contribution in [0.1, 0.15) is 30.4 Å². The highest BCUT2D eigenvalue weighted by atomic mass is 16.5. The molecule has 1 spiro atoms. The van der Waals surface area contributed by atoms with Crippen LogP contribution in [0.25, 0.3) is 11.3 Å². The summed E-state index contributed by atoms with van der Waals surface area (Å²) in [7, 11) is 0. The topological polar surface area (TPSA) is 27.1 Å². The fourth-order valence-electron chi connectivity index (χ4n) is 3.48. The van der Waals surface area contributed by atoms with Crippen molar-refractivity contribution in [2.75, 3.05) is 6.61 Å². The van der Waals surface area contributed by atoms with E-state index in [2.05, 4.69) is 42.8 Å². The van der Waals surface area contributed by atoms with Crippen molar-refractivity contribution in [3.63, 3.8) is 0 Å². The number of nitrogens with zero attached hydrogens (tertiary/aromatic N) is 2. The molecule has 0 atom stereocenters. The third kappa shape index (κ3) is 1.62. The SMILES string of the molecule is Cc1ccccc1-c1nn2c(c1C)OCC1(CCC1)C2. The summed E-state index contributed by atoms with van der Waals surface area (Å²) < 4.78 is 8.15. The van der Waals surface area contributed by atoms with Crippen LogP contribution in [0.2, 0.25) is 0 Å². The molecule has 2 heterocycles. The first-order valence-electron chi connectivity index (χ1n) is 7.45. The van der Waals surface area contributed by atoms with Crippen LogP contribution in [0.4, 0.5) is 0 Å². The molecule has 0 N–H and O–H groups in total. The Balaban J connectivity index is 1.79. The summed E-state index contributed by atoms with van der Waals surface area (Å²) in [5.74, 6) is 0.973. The van der Waals surface area contributed by atoms with Crippen molar-refractivity contribution < 1.29 is 4.74 Å². The van der Waals surface area contributed by atoms with Gasteiger partial charge < -0.3 is 4.74 Å². The van der Waals surface area contributed by atoms with Crippen molar-refractivity contribution in [1.29, 1.82) is 0 Å². The average molecular weight is 268 g/mol. The first-order valence-corrected chi connectivity index (χ1v) is 7.45. The molecule has 0 saturated heterocycles. The molecule has 3 heteroatoms. The largest absolute Gasteiger partial charge is 0.477 e. The molecule has 4 rings (SSSR count). The summed E-state index contributed by atoms with van der Waals surface area (Å²) in [5, 5.41) is 4.85. The minimum absolute atomic E-state index is 0.370. The minimum atomic E-state index is 0.370. The number of benzene rings is 1. The lowest BCUT2D eigenvalue weighted by molar-refractivity contribution is 0.00153. The van der Waals surface area contributed by atoms with E-state index in [0.717, 1.165) is 24.7 Å². The van der Waals surface area contributed by atoms with Gasteiger partial charge in [0.25, 0.3) is 0 Å². The van der Waals surface area contributed by atoms with E-state index in [0.29, 0.717) is 5.41 Å². The van der Waals surface area contributed by atoms with Crippen molar-refractivity contribution in [1.82, 2.24) is 9.78 Å². The Bertz CT molecular complexity index is 668. The number of fused-ring (bicyclic) bond motifs is 1. The molecule has 0 unspecified atom stereocenters. The van der Waals surface area contributed by atoms with E-state index in [1.54, 1.807) is 0 Å². The summed E-state index contributed by atoms with van der Waals surface area (Å²) in [5.41, 5.74) is 5.11. The van der Waals surface area contributed by atoms with E-state index in [9.17, 15) is 0 Å². The van der Waals surface area contributed by atoms with Gasteiger partial charge in [0.05, 0.1) is 18.8 Å². The van der Waals surface area contributed by atoms with E-state index in [4.69, 9.17) is 9.84 Å². The maximum Gasteiger partial charge on any atom is 0.215 e. The van der Waals surface area contributed by atoms with Crippen molar-refractivity contribution in [3.8, 4) is 17.1 Å². The number of rotatable bonds is 1. The molecule has 1 saturated carbocycles. The van der Waals surface area contributed by atoms with Gasteiger partial charge >= 0.3 is 0 Å². The highest BCUT2D eigenvalue weighted by Gasteiger charge is 2.42. The van der Waals surface area contributed by atoms with Gasteiger partial charge in [0.2, 0.25) is 5.88 Å². The molecule has 3 nitrogen and oxygen atoms in total. The first kappa shape index (κ1) is 12.0. The van der Waals surface area contributed by atoms with Crippen LogP contribution in [-0.2, 0) is 6.54 Å². The van der Waals surface area contributed by atoms with Gasteiger partial charge in [0.1, 0.15) is 0 Å². The second kappa shape index (κ2) is 4.11. The summed E-state index contributed by atoms with van der Waals surface area (Å²) >= 11 is 0. The summed E-state index contributed by atoms with van der Waals surface area (Å²) in [6.07, 6.45) is 3.90. The summed E-state index contributed by atoms with van der Waals surface area (Å²) in [6.45, 7) is 6.16. The second-order valence-electron chi connectivity index (χ2n) is 6.39. The van der Waals surface area contributed by atoms with E-state index >= 15 is 0 Å². The van der Waals surface area contributed by atoms with Gasteiger partial charge in [-0.05, 0) is 32.3 Å². The predicted molar refractivity (Wildman–Crippen MR) is 78.9 cm³/mol. The zero-order valence-corrected chi connectivity index (χ0v) is 12.1. The van der Waals surface area contributed by atoms with Crippen LogP contribution in [0.5, 0.6) is 5.88 Å². The maximum absolute atomic E-state index is 6.05. The molecule has 1 fully saturated rings. The van der Waals surface area contributed by atoms with Gasteiger partial charge in [0, 0.05) is 16.5 Å². The Morgan fingerprint density at radius 3 is 2.70 bits per heavy atom. The van der Waals surface area contributed by atoms with Crippen molar-refractivity contribution >= 4 is 0 Å². The number of hydrogen-bond acceptors (Lipinski definition) is 2. The molecule has 20 heavy (non-hydrogen) atoms. The zero-order valence-electron chi connectivity index (χ0n) is 12.1. The van der Waals surface area contributed by atoms with Gasteiger partial charge in [0.15, 0.2) is 0 Å². The highest BCUT2D eigenvalue weighted by Crippen LogP contribution is 2.47. The first-order chi connectivity index (χ1) is 9.69. The molecule has 1 aromatic heterocycles. The number of ether oxygens (including phenoxy) is 1. The highest BCUT2D eigenvalue weighted by molar-refractivity contribution is 5.68. The number of hydrogen-bond donors (Lipinski definition) is 0. The Labute approximate surface area is 119 Å². The molecule has 104 valence electrons. The predicted octanol–water partition coefficient (Wildman–Crippen LogP) is 3.73. The van der Waals surface area contributed by atoms with E-state index in [1.807, 2.05) is 0 Å². The van der Waals surface area contributed by atoms with Crippen LogP contribution in [0.15, 0.2) is 24.3 Å². The second-order valence-corrected chi connectivity index (χ2v) is 6.39. The van der Waals surface area contributed by atoms with Crippen LogP contribution in [0, 0.1) is 19.3 Å². The van der Waals surface area contributed by atoms with Gasteiger partial charge in [-0.1, -0.05) is 30.7 Å². The fraction of sp³-hybridized carbons (Fsp3) is 0.471. The third-order valence-corrected chi connectivity index (χ3v) is 4.95. The molecule has 2 aromatic rings. The lowest BCUT2D eigenvalue weighted by Gasteiger charge is -2.44. The molecule has 2 aliphatic rings. The Morgan fingerprint density at radius 1 is 1.20 bits per heavy atom. The molecule has 1 aliphatic carbocycles. The lowest BCUT2D eigenvalue weighted by Crippen LogP contribution is -2.43. The quantitative estimate of drug-likeness (QED) is 0.788. The lowest BCUT2D eigenvalue weighted by atomic mass is 9.69. The molecular formula is C17H20N2O. The van der Waals surface area contributed by atoms with Crippen molar-refractivity contribution in [3.05, 3.63) is 35.4 Å². The molecule has 0 amide bonds. The van der Waals surface area contributed by atoms with Gasteiger partial charge in [-0.15, -0.1) is 0 Å². The summed E-state index contributed by atoms with van der Waals surface area (Å²) in [6, 6.07) is 8.44. The number of aryl methyl sites for hydroxylation is 1.